The molecule has 1 N–H and O–H groups in total. The molecule has 0 atom stereocenters. The van der Waals surface area contributed by atoms with Gasteiger partial charge in [-0.3, -0.25) is 5.10 Å². The molecule has 0 saturated carbocycles. The van der Waals surface area contributed by atoms with Gasteiger partial charge in [-0.1, -0.05) is 29.8 Å². The Bertz CT molecular complexity index is 522. The maximum atomic E-state index is 5.31. The summed E-state index contributed by atoms with van der Waals surface area (Å²) < 4.78 is 6.29. The standard InChI is InChI=1S/C12H14BrN3O/c1-7(2)11-14-12(16-15-11)9-6-8(13)4-5-10(9)17-3/h4-7H,1-3H3,(H,14,15,16). The molecule has 0 aliphatic carbocycles. The van der Waals surface area contributed by atoms with Crippen molar-refractivity contribution in [3.8, 4) is 17.1 Å². The van der Waals surface area contributed by atoms with Crippen molar-refractivity contribution in [3.05, 3.63) is 28.5 Å². The fourth-order valence-electron chi connectivity index (χ4n) is 1.51. The van der Waals surface area contributed by atoms with Crippen LogP contribution in [0, 0.1) is 0 Å². The van der Waals surface area contributed by atoms with Gasteiger partial charge in [-0.25, -0.2) is 4.98 Å². The van der Waals surface area contributed by atoms with E-state index in [0.717, 1.165) is 21.6 Å². The van der Waals surface area contributed by atoms with Crippen molar-refractivity contribution < 1.29 is 4.74 Å². The van der Waals surface area contributed by atoms with E-state index in [1.54, 1.807) is 7.11 Å². The highest BCUT2D eigenvalue weighted by Gasteiger charge is 2.13. The van der Waals surface area contributed by atoms with Crippen molar-refractivity contribution in [2.45, 2.75) is 19.8 Å². The quantitative estimate of drug-likeness (QED) is 0.944. The SMILES string of the molecule is COc1ccc(Br)cc1-c1n[nH]c(C(C)C)n1. The summed E-state index contributed by atoms with van der Waals surface area (Å²) in [4.78, 5) is 4.46. The Kier molecular flexibility index (Phi) is 3.47. The number of aromatic amines is 1. The lowest BCUT2D eigenvalue weighted by atomic mass is 10.2. The second-order valence-electron chi connectivity index (χ2n) is 4.04. The molecule has 90 valence electrons. The summed E-state index contributed by atoms with van der Waals surface area (Å²) in [6.45, 7) is 4.14. The maximum absolute atomic E-state index is 5.31. The number of halogens is 1. The average molecular weight is 296 g/mol. The molecule has 5 heteroatoms. The molecule has 0 aliphatic heterocycles. The van der Waals surface area contributed by atoms with Crippen LogP contribution in [0.1, 0.15) is 25.6 Å². The Morgan fingerprint density at radius 1 is 1.35 bits per heavy atom. The molecular formula is C12H14BrN3O. The zero-order valence-corrected chi connectivity index (χ0v) is 11.6. The zero-order chi connectivity index (χ0) is 12.4. The van der Waals surface area contributed by atoms with Crippen molar-refractivity contribution in [3.63, 3.8) is 0 Å². The van der Waals surface area contributed by atoms with Crippen LogP contribution in [0.2, 0.25) is 0 Å². The molecule has 0 aliphatic rings. The van der Waals surface area contributed by atoms with Gasteiger partial charge in [-0.2, -0.15) is 5.10 Å². The molecule has 2 aromatic rings. The first-order chi connectivity index (χ1) is 8.11. The first-order valence-corrected chi connectivity index (χ1v) is 6.17. The van der Waals surface area contributed by atoms with E-state index in [1.807, 2.05) is 18.2 Å². The minimum absolute atomic E-state index is 0.328. The van der Waals surface area contributed by atoms with Crippen LogP contribution in [0.15, 0.2) is 22.7 Å². The van der Waals surface area contributed by atoms with Gasteiger partial charge in [0.2, 0.25) is 0 Å². The van der Waals surface area contributed by atoms with Crippen LogP contribution in [0.5, 0.6) is 5.75 Å². The molecule has 0 saturated heterocycles. The lowest BCUT2D eigenvalue weighted by molar-refractivity contribution is 0.416. The van der Waals surface area contributed by atoms with Crippen molar-refractivity contribution >= 4 is 15.9 Å². The molecular weight excluding hydrogens is 282 g/mol. The van der Waals surface area contributed by atoms with Gasteiger partial charge in [0, 0.05) is 10.4 Å². The summed E-state index contributed by atoms with van der Waals surface area (Å²) in [5, 5.41) is 7.16. The molecule has 0 fully saturated rings. The van der Waals surface area contributed by atoms with E-state index < -0.39 is 0 Å². The summed E-state index contributed by atoms with van der Waals surface area (Å²) in [6, 6.07) is 5.77. The highest BCUT2D eigenvalue weighted by Crippen LogP contribution is 2.30. The average Bonchev–Trinajstić information content (AvgIpc) is 2.78. The predicted octanol–water partition coefficient (Wildman–Crippen LogP) is 3.37. The number of rotatable bonds is 3. The summed E-state index contributed by atoms with van der Waals surface area (Å²) in [5.74, 6) is 2.63. The Hall–Kier alpha value is -1.36. The van der Waals surface area contributed by atoms with Crippen LogP contribution in [-0.4, -0.2) is 22.3 Å². The second-order valence-corrected chi connectivity index (χ2v) is 4.96. The largest absolute Gasteiger partial charge is 0.496 e. The third-order valence-corrected chi connectivity index (χ3v) is 2.95. The van der Waals surface area contributed by atoms with E-state index in [2.05, 4.69) is 45.0 Å². The number of nitrogens with one attached hydrogen (secondary N) is 1. The molecule has 2 rings (SSSR count). The van der Waals surface area contributed by atoms with E-state index in [4.69, 9.17) is 4.74 Å². The van der Waals surface area contributed by atoms with Crippen LogP contribution in [0.25, 0.3) is 11.4 Å². The molecule has 0 radical (unpaired) electrons. The summed E-state index contributed by atoms with van der Waals surface area (Å²) in [7, 11) is 1.64. The third kappa shape index (κ3) is 2.49. The molecule has 0 bridgehead atoms. The maximum Gasteiger partial charge on any atom is 0.184 e. The normalized spacial score (nSPS) is 10.9. The van der Waals surface area contributed by atoms with E-state index in [-0.39, 0.29) is 0 Å². The van der Waals surface area contributed by atoms with Crippen LogP contribution < -0.4 is 4.74 Å². The number of aromatic nitrogens is 3. The molecule has 1 aromatic heterocycles. The van der Waals surface area contributed by atoms with Crippen molar-refractivity contribution in [1.82, 2.24) is 15.2 Å². The molecule has 0 spiro atoms. The molecule has 4 nitrogen and oxygen atoms in total. The fourth-order valence-corrected chi connectivity index (χ4v) is 1.87. The van der Waals surface area contributed by atoms with Crippen molar-refractivity contribution in [2.24, 2.45) is 0 Å². The van der Waals surface area contributed by atoms with Gasteiger partial charge < -0.3 is 4.74 Å². The van der Waals surface area contributed by atoms with Gasteiger partial charge in [-0.15, -0.1) is 0 Å². The Labute approximate surface area is 109 Å². The monoisotopic (exact) mass is 295 g/mol. The van der Waals surface area contributed by atoms with E-state index in [1.165, 1.54) is 0 Å². The number of hydrogen-bond acceptors (Lipinski definition) is 3. The van der Waals surface area contributed by atoms with Crippen LogP contribution in [-0.2, 0) is 0 Å². The van der Waals surface area contributed by atoms with E-state index in [9.17, 15) is 0 Å². The summed E-state index contributed by atoms with van der Waals surface area (Å²) in [5.41, 5.74) is 0.880. The van der Waals surface area contributed by atoms with E-state index in [0.29, 0.717) is 11.7 Å². The molecule has 17 heavy (non-hydrogen) atoms. The minimum atomic E-state index is 0.328. The number of H-pyrrole nitrogens is 1. The highest BCUT2D eigenvalue weighted by molar-refractivity contribution is 9.10. The Morgan fingerprint density at radius 3 is 2.71 bits per heavy atom. The van der Waals surface area contributed by atoms with Crippen LogP contribution in [0.4, 0.5) is 0 Å². The van der Waals surface area contributed by atoms with Gasteiger partial charge in [0.1, 0.15) is 11.6 Å². The topological polar surface area (TPSA) is 50.8 Å². The number of ether oxygens (including phenoxy) is 1. The summed E-state index contributed by atoms with van der Waals surface area (Å²) >= 11 is 3.44. The smallest absolute Gasteiger partial charge is 0.184 e. The lowest BCUT2D eigenvalue weighted by Crippen LogP contribution is -1.91. The number of benzene rings is 1. The zero-order valence-electron chi connectivity index (χ0n) is 9.99. The van der Waals surface area contributed by atoms with E-state index >= 15 is 0 Å². The van der Waals surface area contributed by atoms with Gasteiger partial charge in [0.15, 0.2) is 5.82 Å². The first kappa shape index (κ1) is 12.1. The highest BCUT2D eigenvalue weighted by atomic mass is 79.9. The van der Waals surface area contributed by atoms with Gasteiger partial charge in [0.05, 0.1) is 12.7 Å². The first-order valence-electron chi connectivity index (χ1n) is 5.38. The van der Waals surface area contributed by atoms with Gasteiger partial charge in [0.25, 0.3) is 0 Å². The molecule has 1 aromatic carbocycles. The van der Waals surface area contributed by atoms with Gasteiger partial charge >= 0.3 is 0 Å². The Morgan fingerprint density at radius 2 is 2.12 bits per heavy atom. The predicted molar refractivity (Wildman–Crippen MR) is 70.2 cm³/mol. The van der Waals surface area contributed by atoms with Gasteiger partial charge in [-0.05, 0) is 18.2 Å². The summed E-state index contributed by atoms with van der Waals surface area (Å²) in [6.07, 6.45) is 0. The van der Waals surface area contributed by atoms with Crippen molar-refractivity contribution in [2.75, 3.05) is 7.11 Å². The molecule has 1 heterocycles. The lowest BCUT2D eigenvalue weighted by Gasteiger charge is -2.05. The van der Waals surface area contributed by atoms with Crippen LogP contribution in [0.3, 0.4) is 0 Å². The number of hydrogen-bond donors (Lipinski definition) is 1. The van der Waals surface area contributed by atoms with Crippen LogP contribution >= 0.6 is 15.9 Å². The fraction of sp³-hybridized carbons (Fsp3) is 0.333. The third-order valence-electron chi connectivity index (χ3n) is 2.45. The van der Waals surface area contributed by atoms with Crippen molar-refractivity contribution in [1.29, 1.82) is 0 Å². The Balaban J connectivity index is 2.47. The second kappa shape index (κ2) is 4.87. The minimum Gasteiger partial charge on any atom is -0.496 e. The number of methoxy groups -OCH3 is 1. The molecule has 0 amide bonds. The molecule has 0 unspecified atom stereocenters. The number of nitrogens with zero attached hydrogens (tertiary/aromatic N) is 2.